The van der Waals surface area contributed by atoms with E-state index in [1.807, 2.05) is 6.07 Å². The molecule has 2 aromatic carbocycles. The summed E-state index contributed by atoms with van der Waals surface area (Å²) in [6, 6.07) is 12.5. The van der Waals surface area contributed by atoms with Crippen molar-refractivity contribution >= 4 is 33.0 Å². The van der Waals surface area contributed by atoms with Crippen molar-refractivity contribution in [3.63, 3.8) is 0 Å². The molecule has 24 heavy (non-hydrogen) atoms. The van der Waals surface area contributed by atoms with Gasteiger partial charge < -0.3 is 5.32 Å². The smallest absolute Gasteiger partial charge is 0.256 e. The lowest BCUT2D eigenvalue weighted by Gasteiger charge is -2.11. The summed E-state index contributed by atoms with van der Waals surface area (Å²) in [6.45, 7) is 1.76. The minimum atomic E-state index is -3.53. The average Bonchev–Trinajstić information content (AvgIpc) is 2.56. The molecule has 2 rings (SSSR count). The second-order valence-corrected chi connectivity index (χ2v) is 7.56. The Morgan fingerprint density at radius 1 is 1.25 bits per heavy atom. The van der Waals surface area contributed by atoms with Crippen LogP contribution in [0.1, 0.15) is 29.3 Å². The highest BCUT2D eigenvalue weighted by atomic mass is 35.5. The van der Waals surface area contributed by atoms with E-state index in [9.17, 15) is 13.2 Å². The maximum absolute atomic E-state index is 12.5. The van der Waals surface area contributed by atoms with Crippen molar-refractivity contribution in [1.82, 2.24) is 0 Å². The number of amides is 1. The molecule has 1 N–H and O–H groups in total. The highest BCUT2D eigenvalue weighted by molar-refractivity contribution is 7.91. The van der Waals surface area contributed by atoms with E-state index in [1.165, 1.54) is 24.3 Å². The summed E-state index contributed by atoms with van der Waals surface area (Å²) >= 11 is 5.86. The minimum Gasteiger partial charge on any atom is -0.322 e. The molecule has 0 aliphatic carbocycles. The first-order valence-corrected chi connectivity index (χ1v) is 9.25. The van der Waals surface area contributed by atoms with E-state index in [2.05, 4.69) is 5.32 Å². The molecule has 0 unspecified atom stereocenters. The van der Waals surface area contributed by atoms with Gasteiger partial charge in [-0.1, -0.05) is 30.7 Å². The normalized spacial score (nSPS) is 10.9. The number of hydrogen-bond acceptors (Lipinski definition) is 4. The number of sulfone groups is 1. The number of rotatable bonds is 5. The second kappa shape index (κ2) is 7.47. The highest BCUT2D eigenvalue weighted by Crippen LogP contribution is 2.22. The number of halogens is 1. The summed E-state index contributed by atoms with van der Waals surface area (Å²) in [6.07, 6.45) is 0.459. The van der Waals surface area contributed by atoms with Crippen LogP contribution in [-0.4, -0.2) is 20.1 Å². The highest BCUT2D eigenvalue weighted by Gasteiger charge is 2.21. The maximum atomic E-state index is 12.5. The number of benzene rings is 2. The number of hydrogen-bond donors (Lipinski definition) is 1. The van der Waals surface area contributed by atoms with Gasteiger partial charge in [-0.05, 0) is 36.8 Å². The molecule has 0 saturated heterocycles. The first-order valence-electron chi connectivity index (χ1n) is 7.22. The number of nitrogens with zero attached hydrogens (tertiary/aromatic N) is 1. The van der Waals surface area contributed by atoms with Gasteiger partial charge in [-0.2, -0.15) is 5.26 Å². The first kappa shape index (κ1) is 18.0. The predicted molar refractivity (Wildman–Crippen MR) is 92.9 cm³/mol. The quantitative estimate of drug-likeness (QED) is 0.879. The molecular weight excluding hydrogens is 348 g/mol. The van der Waals surface area contributed by atoms with Crippen LogP contribution in [0.2, 0.25) is 5.02 Å². The molecule has 0 atom stereocenters. The van der Waals surface area contributed by atoms with Crippen molar-refractivity contribution in [1.29, 1.82) is 5.26 Å². The number of carbonyl (C=O) groups excluding carboxylic acids is 1. The third-order valence-electron chi connectivity index (χ3n) is 3.28. The number of nitriles is 1. The van der Waals surface area contributed by atoms with E-state index in [4.69, 9.17) is 16.9 Å². The van der Waals surface area contributed by atoms with Gasteiger partial charge in [-0.3, -0.25) is 4.79 Å². The van der Waals surface area contributed by atoms with Crippen LogP contribution in [0, 0.1) is 11.3 Å². The molecule has 0 aliphatic heterocycles. The van der Waals surface area contributed by atoms with Crippen LogP contribution in [0.3, 0.4) is 0 Å². The number of nitrogens with one attached hydrogen (secondary N) is 1. The van der Waals surface area contributed by atoms with E-state index in [0.29, 0.717) is 12.1 Å². The molecule has 0 radical (unpaired) electrons. The Labute approximate surface area is 145 Å². The average molecular weight is 363 g/mol. The molecule has 7 heteroatoms. The molecule has 5 nitrogen and oxygen atoms in total. The van der Waals surface area contributed by atoms with Gasteiger partial charge in [-0.15, -0.1) is 0 Å². The summed E-state index contributed by atoms with van der Waals surface area (Å²) in [5.74, 6) is -0.590. The third kappa shape index (κ3) is 3.94. The zero-order valence-corrected chi connectivity index (χ0v) is 14.5. The Balaban J connectivity index is 2.37. The van der Waals surface area contributed by atoms with Crippen molar-refractivity contribution in [2.45, 2.75) is 18.2 Å². The van der Waals surface area contributed by atoms with Crippen LogP contribution >= 0.6 is 11.6 Å². The van der Waals surface area contributed by atoms with Gasteiger partial charge in [0.1, 0.15) is 6.07 Å². The summed E-state index contributed by atoms with van der Waals surface area (Å²) in [4.78, 5) is 12.5. The van der Waals surface area contributed by atoms with Crippen molar-refractivity contribution < 1.29 is 13.2 Å². The molecule has 0 aromatic heterocycles. The second-order valence-electron chi connectivity index (χ2n) is 5.08. The fraction of sp³-hybridized carbons (Fsp3) is 0.176. The van der Waals surface area contributed by atoms with Crippen molar-refractivity contribution in [3.05, 3.63) is 58.6 Å². The first-order chi connectivity index (χ1) is 11.4. The minimum absolute atomic E-state index is 0.00109. The zero-order valence-electron chi connectivity index (χ0n) is 12.9. The summed E-state index contributed by atoms with van der Waals surface area (Å²) in [5, 5.41) is 11.9. The standard InChI is InChI=1S/C17H15ClN2O3S/c1-2-9-24(22,23)16-6-4-3-5-14(16)17(21)20-13-7-8-15(18)12(10-13)11-19/h3-8,10H,2,9H2,1H3,(H,20,21). The Kier molecular flexibility index (Phi) is 5.60. The fourth-order valence-corrected chi connectivity index (χ4v) is 3.89. The Morgan fingerprint density at radius 3 is 2.62 bits per heavy atom. The lowest BCUT2D eigenvalue weighted by molar-refractivity contribution is 0.102. The third-order valence-corrected chi connectivity index (χ3v) is 5.59. The van der Waals surface area contributed by atoms with Crippen LogP contribution in [-0.2, 0) is 9.84 Å². The van der Waals surface area contributed by atoms with Crippen LogP contribution in [0.4, 0.5) is 5.69 Å². The Morgan fingerprint density at radius 2 is 1.96 bits per heavy atom. The van der Waals surface area contributed by atoms with Crippen molar-refractivity contribution in [2.24, 2.45) is 0 Å². The van der Waals surface area contributed by atoms with Crippen LogP contribution in [0.15, 0.2) is 47.4 Å². The van der Waals surface area contributed by atoms with E-state index in [0.717, 1.165) is 0 Å². The zero-order chi connectivity index (χ0) is 17.7. The predicted octanol–water partition coefficient (Wildman–Crippen LogP) is 3.65. The summed E-state index contributed by atoms with van der Waals surface area (Å²) < 4.78 is 24.6. The summed E-state index contributed by atoms with van der Waals surface area (Å²) in [7, 11) is -3.53. The Bertz CT molecular complexity index is 918. The van der Waals surface area contributed by atoms with Crippen LogP contribution < -0.4 is 5.32 Å². The molecule has 0 spiro atoms. The molecule has 0 heterocycles. The van der Waals surface area contributed by atoms with E-state index in [1.54, 1.807) is 25.1 Å². The van der Waals surface area contributed by atoms with Gasteiger partial charge in [0.25, 0.3) is 5.91 Å². The topological polar surface area (TPSA) is 87.0 Å². The van der Waals surface area contributed by atoms with Gasteiger partial charge in [0.15, 0.2) is 9.84 Å². The monoisotopic (exact) mass is 362 g/mol. The summed E-state index contributed by atoms with van der Waals surface area (Å²) in [5.41, 5.74) is 0.657. The SMILES string of the molecule is CCCS(=O)(=O)c1ccccc1C(=O)Nc1ccc(Cl)c(C#N)c1. The molecule has 124 valence electrons. The molecule has 0 aliphatic rings. The van der Waals surface area contributed by atoms with E-state index in [-0.39, 0.29) is 26.8 Å². The van der Waals surface area contributed by atoms with Gasteiger partial charge >= 0.3 is 0 Å². The molecule has 1 amide bonds. The maximum Gasteiger partial charge on any atom is 0.256 e. The molecule has 0 saturated carbocycles. The van der Waals surface area contributed by atoms with Gasteiger partial charge in [0.2, 0.25) is 0 Å². The fourth-order valence-electron chi connectivity index (χ4n) is 2.19. The Hall–Kier alpha value is -2.36. The van der Waals surface area contributed by atoms with Crippen molar-refractivity contribution in [3.8, 4) is 6.07 Å². The van der Waals surface area contributed by atoms with Crippen molar-refractivity contribution in [2.75, 3.05) is 11.1 Å². The van der Waals surface area contributed by atoms with Crippen LogP contribution in [0.5, 0.6) is 0 Å². The lowest BCUT2D eigenvalue weighted by Crippen LogP contribution is -2.17. The molecule has 0 fully saturated rings. The van der Waals surface area contributed by atoms with Gasteiger partial charge in [0.05, 0.1) is 26.8 Å². The van der Waals surface area contributed by atoms with Gasteiger partial charge in [-0.25, -0.2) is 8.42 Å². The van der Waals surface area contributed by atoms with E-state index >= 15 is 0 Å². The van der Waals surface area contributed by atoms with Gasteiger partial charge in [0, 0.05) is 5.69 Å². The van der Waals surface area contributed by atoms with E-state index < -0.39 is 15.7 Å². The number of anilines is 1. The molecule has 0 bridgehead atoms. The molecular formula is C17H15ClN2O3S. The number of carbonyl (C=O) groups is 1. The lowest BCUT2D eigenvalue weighted by atomic mass is 10.2. The van der Waals surface area contributed by atoms with Crippen LogP contribution in [0.25, 0.3) is 0 Å². The molecule has 2 aromatic rings. The largest absolute Gasteiger partial charge is 0.322 e.